The third-order valence-electron chi connectivity index (χ3n) is 5.18. The van der Waals surface area contributed by atoms with Crippen LogP contribution in [0.5, 0.6) is 0 Å². The number of nitrogens with zero attached hydrogens (tertiary/aromatic N) is 2. The molecule has 4 nitrogen and oxygen atoms in total. The van der Waals surface area contributed by atoms with Crippen molar-refractivity contribution in [2.24, 2.45) is 5.92 Å². The van der Waals surface area contributed by atoms with Gasteiger partial charge in [-0.3, -0.25) is 4.90 Å². The summed E-state index contributed by atoms with van der Waals surface area (Å²) in [5.74, 6) is 0.752. The average molecular weight is 297 g/mol. The summed E-state index contributed by atoms with van der Waals surface area (Å²) in [4.78, 5) is 4.82. The summed E-state index contributed by atoms with van der Waals surface area (Å²) >= 11 is 0. The topological polar surface area (TPSA) is 38.7 Å². The molecule has 0 aromatic carbocycles. The number of aliphatic hydroxyl groups is 1. The van der Waals surface area contributed by atoms with Crippen molar-refractivity contribution in [3.63, 3.8) is 0 Å². The molecule has 0 aromatic heterocycles. The number of likely N-dealkylation sites (N-methyl/N-ethyl adjacent to an activating group) is 1. The van der Waals surface area contributed by atoms with Crippen LogP contribution in [0.1, 0.15) is 45.4 Å². The molecule has 21 heavy (non-hydrogen) atoms. The van der Waals surface area contributed by atoms with E-state index in [2.05, 4.69) is 36.1 Å². The molecule has 0 bridgehead atoms. The van der Waals surface area contributed by atoms with Crippen LogP contribution in [-0.2, 0) is 0 Å². The van der Waals surface area contributed by atoms with Gasteiger partial charge in [0, 0.05) is 31.7 Å². The van der Waals surface area contributed by atoms with E-state index < -0.39 is 0 Å². The number of hydrogen-bond donors (Lipinski definition) is 2. The number of nitrogens with one attached hydrogen (secondary N) is 1. The van der Waals surface area contributed by atoms with Gasteiger partial charge in [-0.1, -0.05) is 26.2 Å². The maximum Gasteiger partial charge on any atom is 0.0682 e. The van der Waals surface area contributed by atoms with E-state index in [1.807, 2.05) is 0 Å². The highest BCUT2D eigenvalue weighted by Gasteiger charge is 2.34. The summed E-state index contributed by atoms with van der Waals surface area (Å²) in [6, 6.07) is 1.20. The van der Waals surface area contributed by atoms with Gasteiger partial charge in [-0.05, 0) is 45.8 Å². The summed E-state index contributed by atoms with van der Waals surface area (Å²) in [6.45, 7) is 6.39. The molecule has 2 rings (SSSR count). The number of aliphatic hydroxyl groups excluding tert-OH is 1. The fraction of sp³-hybridized carbons (Fsp3) is 1.00. The molecule has 1 saturated carbocycles. The van der Waals surface area contributed by atoms with Gasteiger partial charge in [-0.25, -0.2) is 0 Å². The first-order chi connectivity index (χ1) is 10.1. The Bertz CT molecular complexity index is 298. The summed E-state index contributed by atoms with van der Waals surface area (Å²) in [7, 11) is 4.27. The van der Waals surface area contributed by atoms with Gasteiger partial charge in [0.2, 0.25) is 0 Å². The molecular formula is C17H35N3O. The highest BCUT2D eigenvalue weighted by Crippen LogP contribution is 2.27. The van der Waals surface area contributed by atoms with Crippen molar-refractivity contribution in [3.8, 4) is 0 Å². The van der Waals surface area contributed by atoms with Crippen LogP contribution in [0.4, 0.5) is 0 Å². The number of rotatable bonds is 6. The summed E-state index contributed by atoms with van der Waals surface area (Å²) in [5, 5.41) is 13.8. The van der Waals surface area contributed by atoms with E-state index in [1.165, 1.54) is 32.1 Å². The Morgan fingerprint density at radius 2 is 1.95 bits per heavy atom. The fourth-order valence-corrected chi connectivity index (χ4v) is 4.23. The summed E-state index contributed by atoms with van der Waals surface area (Å²) < 4.78 is 0. The Balaban J connectivity index is 1.95. The first-order valence-corrected chi connectivity index (χ1v) is 8.90. The third kappa shape index (κ3) is 5.20. The average Bonchev–Trinajstić information content (AvgIpc) is 2.61. The minimum atomic E-state index is -0.127. The lowest BCUT2D eigenvalue weighted by Crippen LogP contribution is -2.45. The van der Waals surface area contributed by atoms with Crippen molar-refractivity contribution in [1.82, 2.24) is 15.1 Å². The van der Waals surface area contributed by atoms with Crippen molar-refractivity contribution in [2.45, 2.75) is 63.6 Å². The van der Waals surface area contributed by atoms with E-state index in [9.17, 15) is 5.11 Å². The highest BCUT2D eigenvalue weighted by atomic mass is 16.3. The Labute approximate surface area is 130 Å². The Hall–Kier alpha value is -0.160. The SMILES string of the molecule is CCNC1CCCCCC1CN1CC(O)CC1CN(C)C. The smallest absolute Gasteiger partial charge is 0.0682 e. The van der Waals surface area contributed by atoms with Crippen LogP contribution >= 0.6 is 0 Å². The molecule has 1 aliphatic carbocycles. The van der Waals surface area contributed by atoms with E-state index in [0.717, 1.165) is 38.5 Å². The Kier molecular flexibility index (Phi) is 6.93. The van der Waals surface area contributed by atoms with Crippen LogP contribution in [0, 0.1) is 5.92 Å². The zero-order valence-electron chi connectivity index (χ0n) is 14.2. The molecule has 2 aliphatic rings. The van der Waals surface area contributed by atoms with Crippen LogP contribution < -0.4 is 5.32 Å². The fourth-order valence-electron chi connectivity index (χ4n) is 4.23. The van der Waals surface area contributed by atoms with Crippen molar-refractivity contribution in [3.05, 3.63) is 0 Å². The summed E-state index contributed by atoms with van der Waals surface area (Å²) in [6.07, 6.45) is 7.63. The molecule has 2 fully saturated rings. The maximum absolute atomic E-state index is 10.1. The molecule has 0 aromatic rings. The van der Waals surface area contributed by atoms with Crippen molar-refractivity contribution in [2.75, 3.05) is 40.3 Å². The van der Waals surface area contributed by atoms with E-state index in [1.54, 1.807) is 0 Å². The molecule has 1 saturated heterocycles. The second-order valence-electron chi connectivity index (χ2n) is 7.32. The second kappa shape index (κ2) is 8.47. The van der Waals surface area contributed by atoms with Crippen molar-refractivity contribution in [1.29, 1.82) is 0 Å². The highest BCUT2D eigenvalue weighted by molar-refractivity contribution is 4.90. The molecular weight excluding hydrogens is 262 g/mol. The van der Waals surface area contributed by atoms with E-state index in [0.29, 0.717) is 12.1 Å². The normalized spacial score (nSPS) is 35.3. The second-order valence-corrected chi connectivity index (χ2v) is 7.32. The number of likely N-dealkylation sites (tertiary alicyclic amines) is 1. The number of hydrogen-bond acceptors (Lipinski definition) is 4. The minimum absolute atomic E-state index is 0.127. The Morgan fingerprint density at radius 3 is 2.67 bits per heavy atom. The lowest BCUT2D eigenvalue weighted by molar-refractivity contribution is 0.144. The van der Waals surface area contributed by atoms with Crippen molar-refractivity contribution < 1.29 is 5.11 Å². The first kappa shape index (κ1) is 17.2. The molecule has 124 valence electrons. The van der Waals surface area contributed by atoms with Gasteiger partial charge in [-0.15, -0.1) is 0 Å². The molecule has 0 spiro atoms. The minimum Gasteiger partial charge on any atom is -0.392 e. The monoisotopic (exact) mass is 297 g/mol. The van der Waals surface area contributed by atoms with Crippen LogP contribution in [-0.4, -0.2) is 73.4 Å². The molecule has 0 radical (unpaired) electrons. The van der Waals surface area contributed by atoms with Gasteiger partial charge < -0.3 is 15.3 Å². The molecule has 1 heterocycles. The van der Waals surface area contributed by atoms with Crippen LogP contribution in [0.15, 0.2) is 0 Å². The molecule has 4 unspecified atom stereocenters. The van der Waals surface area contributed by atoms with E-state index in [-0.39, 0.29) is 6.10 Å². The van der Waals surface area contributed by atoms with Gasteiger partial charge in [0.15, 0.2) is 0 Å². The van der Waals surface area contributed by atoms with Gasteiger partial charge in [0.25, 0.3) is 0 Å². The zero-order valence-corrected chi connectivity index (χ0v) is 14.2. The molecule has 0 amide bonds. The van der Waals surface area contributed by atoms with Crippen LogP contribution in [0.3, 0.4) is 0 Å². The van der Waals surface area contributed by atoms with Gasteiger partial charge in [0.05, 0.1) is 6.10 Å². The van der Waals surface area contributed by atoms with E-state index in [4.69, 9.17) is 0 Å². The van der Waals surface area contributed by atoms with Crippen LogP contribution in [0.25, 0.3) is 0 Å². The first-order valence-electron chi connectivity index (χ1n) is 8.90. The van der Waals surface area contributed by atoms with Crippen molar-refractivity contribution >= 4 is 0 Å². The third-order valence-corrected chi connectivity index (χ3v) is 5.18. The number of β-amino-alcohol motifs (C(OH)–C–C–N with tert-alkyl or cyclic N) is 1. The molecule has 2 N–H and O–H groups in total. The van der Waals surface area contributed by atoms with E-state index >= 15 is 0 Å². The molecule has 1 aliphatic heterocycles. The van der Waals surface area contributed by atoms with Gasteiger partial charge >= 0.3 is 0 Å². The summed E-state index contributed by atoms with van der Waals surface area (Å²) in [5.41, 5.74) is 0. The largest absolute Gasteiger partial charge is 0.392 e. The lowest BCUT2D eigenvalue weighted by Gasteiger charge is -2.33. The quantitative estimate of drug-likeness (QED) is 0.730. The standard InChI is InChI=1S/C17H35N3O/c1-4-18-17-9-7-5-6-8-14(17)11-20-13-16(21)10-15(20)12-19(2)3/h14-18,21H,4-13H2,1-3H3. The van der Waals surface area contributed by atoms with Gasteiger partial charge in [-0.2, -0.15) is 0 Å². The predicted molar refractivity (Wildman–Crippen MR) is 88.6 cm³/mol. The Morgan fingerprint density at radius 1 is 1.19 bits per heavy atom. The maximum atomic E-state index is 10.1. The predicted octanol–water partition coefficient (Wildman–Crippen LogP) is 1.54. The zero-order chi connectivity index (χ0) is 15.2. The van der Waals surface area contributed by atoms with Gasteiger partial charge in [0.1, 0.15) is 0 Å². The lowest BCUT2D eigenvalue weighted by atomic mass is 9.93. The molecule has 4 atom stereocenters. The molecule has 4 heteroatoms. The van der Waals surface area contributed by atoms with Crippen LogP contribution in [0.2, 0.25) is 0 Å².